The average Bonchev–Trinajstić information content (AvgIpc) is 3.61. The molecule has 0 atom stereocenters. The molecule has 7 nitrogen and oxygen atoms in total. The number of benzene rings is 4. The Kier molecular flexibility index (Phi) is 6.17. The first-order chi connectivity index (χ1) is 20.5. The molecule has 7 aromatic rings. The summed E-state index contributed by atoms with van der Waals surface area (Å²) in [5.74, 6) is -2.15. The van der Waals surface area contributed by atoms with Crippen molar-refractivity contribution >= 4 is 49.8 Å². The summed E-state index contributed by atoms with van der Waals surface area (Å²) in [4.78, 5) is 18.7. The molecule has 42 heavy (non-hydrogen) atoms. The predicted molar refractivity (Wildman–Crippen MR) is 158 cm³/mol. The molecule has 3 aromatic heterocycles. The highest BCUT2D eigenvalue weighted by molar-refractivity contribution is 7.21. The largest absolute Gasteiger partial charge is 0.583 e. The van der Waals surface area contributed by atoms with E-state index in [4.69, 9.17) is 15.2 Å². The van der Waals surface area contributed by atoms with E-state index in [9.17, 15) is 9.18 Å². The van der Waals surface area contributed by atoms with Crippen molar-refractivity contribution in [3.63, 3.8) is 0 Å². The van der Waals surface area contributed by atoms with Crippen molar-refractivity contribution in [1.82, 2.24) is 10.3 Å². The normalized spacial score (nSPS) is 11.3. The van der Waals surface area contributed by atoms with E-state index < -0.39 is 17.5 Å². The lowest BCUT2D eigenvalue weighted by Gasteiger charge is -2.12. The van der Waals surface area contributed by atoms with Gasteiger partial charge in [-0.3, -0.25) is 0 Å². The third-order valence-electron chi connectivity index (χ3n) is 6.87. The van der Waals surface area contributed by atoms with Crippen LogP contribution in [0, 0.1) is 11.6 Å². The van der Waals surface area contributed by atoms with Crippen molar-refractivity contribution in [3.8, 4) is 28.1 Å². The standard InChI is InChI=1S/C32H19F2N5O2S/c33-19-13-14-22(25(34)15-19)24-16-26(23-12-6-8-18-7-4-5-11-21(18)23)36-32-28(24)29(35)30(42-32)31(40)37-27-17-39(38-41-27)20-9-2-1-3-10-20/h1-17H,(H2-,35,37,38,40). The topological polar surface area (TPSA) is 100.0 Å². The third-order valence-corrected chi connectivity index (χ3v) is 7.96. The van der Waals surface area contributed by atoms with E-state index in [1.54, 1.807) is 6.07 Å². The monoisotopic (exact) mass is 575 g/mol. The molecule has 4 aromatic carbocycles. The molecule has 0 fully saturated rings. The third kappa shape index (κ3) is 4.43. The van der Waals surface area contributed by atoms with E-state index in [1.807, 2.05) is 72.8 Å². The first-order valence-corrected chi connectivity index (χ1v) is 13.6. The zero-order chi connectivity index (χ0) is 28.8. The van der Waals surface area contributed by atoms with Crippen molar-refractivity contribution in [2.45, 2.75) is 0 Å². The highest BCUT2D eigenvalue weighted by Gasteiger charge is 2.22. The summed E-state index contributed by atoms with van der Waals surface area (Å²) in [6.45, 7) is 0. The molecule has 0 aliphatic rings. The second-order valence-electron chi connectivity index (χ2n) is 9.47. The van der Waals surface area contributed by atoms with Crippen LogP contribution in [0.25, 0.3) is 54.4 Å². The predicted octanol–water partition coefficient (Wildman–Crippen LogP) is 7.75. The summed E-state index contributed by atoms with van der Waals surface area (Å²) in [5.41, 5.74) is 9.23. The Morgan fingerprint density at radius 1 is 0.881 bits per heavy atom. The van der Waals surface area contributed by atoms with Gasteiger partial charge in [-0.1, -0.05) is 60.7 Å². The lowest BCUT2D eigenvalue weighted by molar-refractivity contribution is -0.670. The van der Waals surface area contributed by atoms with Gasteiger partial charge in [-0.05, 0) is 39.2 Å². The first-order valence-electron chi connectivity index (χ1n) is 12.8. The number of carbonyl (C=O) groups is 1. The second kappa shape index (κ2) is 10.2. The van der Waals surface area contributed by atoms with E-state index in [2.05, 4.69) is 10.6 Å². The van der Waals surface area contributed by atoms with Gasteiger partial charge in [-0.15, -0.1) is 11.3 Å². The zero-order valence-electron chi connectivity index (χ0n) is 21.7. The SMILES string of the molecule is Nc1c(C(=O)[N-]c2c[n+](-c3ccccc3)no2)sc2nc(-c3cccc4ccccc34)cc(-c3ccc(F)cc3F)c12. The van der Waals surface area contributed by atoms with E-state index in [1.165, 1.54) is 23.0 Å². The molecule has 2 N–H and O–H groups in total. The van der Waals surface area contributed by atoms with Crippen LogP contribution in [0.3, 0.4) is 0 Å². The van der Waals surface area contributed by atoms with Crippen molar-refractivity contribution in [1.29, 1.82) is 0 Å². The number of para-hydroxylation sites is 1. The molecule has 0 aliphatic carbocycles. The summed E-state index contributed by atoms with van der Waals surface area (Å²) < 4.78 is 35.7. The van der Waals surface area contributed by atoms with Gasteiger partial charge in [-0.25, -0.2) is 13.8 Å². The van der Waals surface area contributed by atoms with E-state index in [0.717, 1.165) is 39.4 Å². The van der Waals surface area contributed by atoms with Gasteiger partial charge in [-0.2, -0.15) is 0 Å². The van der Waals surface area contributed by atoms with Crippen LogP contribution in [-0.4, -0.2) is 16.2 Å². The van der Waals surface area contributed by atoms with Gasteiger partial charge in [0, 0.05) is 34.7 Å². The van der Waals surface area contributed by atoms with Crippen LogP contribution in [-0.2, 0) is 0 Å². The molecule has 0 aliphatic heterocycles. The van der Waals surface area contributed by atoms with Crippen molar-refractivity contribution in [3.05, 3.63) is 125 Å². The highest BCUT2D eigenvalue weighted by atomic mass is 32.1. The Morgan fingerprint density at radius 3 is 2.50 bits per heavy atom. The smallest absolute Gasteiger partial charge is 0.241 e. The van der Waals surface area contributed by atoms with Crippen molar-refractivity contribution in [2.24, 2.45) is 0 Å². The van der Waals surface area contributed by atoms with Crippen LogP contribution in [0.1, 0.15) is 9.67 Å². The number of pyridine rings is 1. The fraction of sp³-hybridized carbons (Fsp3) is 0. The quantitative estimate of drug-likeness (QED) is 0.212. The average molecular weight is 576 g/mol. The molecule has 0 unspecified atom stereocenters. The number of nitrogens with zero attached hydrogens (tertiary/aromatic N) is 4. The number of thiophene rings is 1. The number of amides is 1. The van der Waals surface area contributed by atoms with E-state index in [0.29, 0.717) is 21.5 Å². The molecular weight excluding hydrogens is 556 g/mol. The van der Waals surface area contributed by atoms with Crippen LogP contribution in [0.4, 0.5) is 20.4 Å². The number of rotatable bonds is 5. The Hall–Kier alpha value is -5.48. The van der Waals surface area contributed by atoms with Crippen molar-refractivity contribution in [2.75, 3.05) is 5.73 Å². The molecule has 7 rings (SSSR count). The maximum absolute atomic E-state index is 15.2. The summed E-state index contributed by atoms with van der Waals surface area (Å²) in [6, 6.07) is 27.9. The fourth-order valence-electron chi connectivity index (χ4n) is 4.93. The number of halogens is 2. The Bertz CT molecular complexity index is 2140. The van der Waals surface area contributed by atoms with Gasteiger partial charge in [0.05, 0.1) is 16.3 Å². The van der Waals surface area contributed by atoms with Crippen molar-refractivity contribution < 1.29 is 22.8 Å². The minimum atomic E-state index is -0.762. The number of anilines is 1. The van der Waals surface area contributed by atoms with E-state index in [-0.39, 0.29) is 22.0 Å². The first kappa shape index (κ1) is 25.5. The molecule has 10 heteroatoms. The molecule has 3 heterocycles. The number of carbonyl (C=O) groups excluding carboxylic acids is 1. The number of nitrogen functional groups attached to an aromatic ring is 1. The van der Waals surface area contributed by atoms with E-state index >= 15 is 4.39 Å². The second-order valence-corrected chi connectivity index (χ2v) is 10.5. The van der Waals surface area contributed by atoms with Gasteiger partial charge >= 0.3 is 0 Å². The number of aromatic nitrogens is 3. The van der Waals surface area contributed by atoms with Gasteiger partial charge < -0.3 is 20.4 Å². The number of nitrogens with two attached hydrogens (primary N) is 1. The lowest BCUT2D eigenvalue weighted by atomic mass is 9.96. The Morgan fingerprint density at radius 2 is 1.67 bits per heavy atom. The lowest BCUT2D eigenvalue weighted by Crippen LogP contribution is -2.30. The van der Waals surface area contributed by atoms with Gasteiger partial charge in [0.1, 0.15) is 28.3 Å². The Labute approximate surface area is 241 Å². The number of hydrogen-bond acceptors (Lipinski definition) is 6. The fourth-order valence-corrected chi connectivity index (χ4v) is 5.93. The molecule has 0 bridgehead atoms. The van der Waals surface area contributed by atoms with Crippen LogP contribution < -0.4 is 10.4 Å². The summed E-state index contributed by atoms with van der Waals surface area (Å²) >= 11 is 1.04. The molecule has 0 saturated carbocycles. The summed E-state index contributed by atoms with van der Waals surface area (Å²) in [7, 11) is 0. The zero-order valence-corrected chi connectivity index (χ0v) is 22.5. The van der Waals surface area contributed by atoms with Crippen LogP contribution in [0.5, 0.6) is 0 Å². The Balaban J connectivity index is 1.36. The van der Waals surface area contributed by atoms with Gasteiger partial charge in [0.15, 0.2) is 0 Å². The number of hydrogen-bond donors (Lipinski definition) is 1. The molecular formula is C32H19F2N5O2S. The van der Waals surface area contributed by atoms with Crippen LogP contribution in [0.2, 0.25) is 0 Å². The number of fused-ring (bicyclic) bond motifs is 2. The minimum absolute atomic E-state index is 0.0186. The molecule has 1 amide bonds. The van der Waals surface area contributed by atoms with Crippen LogP contribution in [0.15, 0.2) is 108 Å². The summed E-state index contributed by atoms with van der Waals surface area (Å²) in [5, 5.41) is 10.3. The summed E-state index contributed by atoms with van der Waals surface area (Å²) in [6.07, 6.45) is 1.48. The van der Waals surface area contributed by atoms with Crippen LogP contribution >= 0.6 is 11.3 Å². The minimum Gasteiger partial charge on any atom is -0.583 e. The maximum Gasteiger partial charge on any atom is 0.241 e. The highest BCUT2D eigenvalue weighted by Crippen LogP contribution is 2.43. The molecule has 0 spiro atoms. The van der Waals surface area contributed by atoms with Gasteiger partial charge in [0.2, 0.25) is 17.2 Å². The molecule has 0 radical (unpaired) electrons. The maximum atomic E-state index is 15.2. The molecule has 204 valence electrons. The molecule has 0 saturated heterocycles. The van der Waals surface area contributed by atoms with Gasteiger partial charge in [0.25, 0.3) is 0 Å².